The number of aryl methyl sites for hydroxylation is 2. The van der Waals surface area contributed by atoms with Crippen LogP contribution in [0.25, 0.3) is 11.0 Å². The Hall–Kier alpha value is -2.01. The van der Waals surface area contributed by atoms with Gasteiger partial charge < -0.3 is 10.1 Å². The maximum absolute atomic E-state index is 13.0. The van der Waals surface area contributed by atoms with E-state index in [0.29, 0.717) is 6.42 Å². The van der Waals surface area contributed by atoms with Gasteiger partial charge >= 0.3 is 5.69 Å². The quantitative estimate of drug-likeness (QED) is 0.503. The van der Waals surface area contributed by atoms with Crippen molar-refractivity contribution in [2.75, 3.05) is 39.8 Å². The molecule has 2 N–H and O–H groups in total. The smallest absolute Gasteiger partial charge is 0.329 e. The molecule has 4 rings (SSSR count). The van der Waals surface area contributed by atoms with Crippen LogP contribution in [0, 0.1) is 0 Å². The number of amides is 2. The number of nitrogens with zero attached hydrogens (tertiary/aromatic N) is 3. The summed E-state index contributed by atoms with van der Waals surface area (Å²) in [6, 6.07) is 5.24. The Morgan fingerprint density at radius 1 is 1.24 bits per heavy atom. The number of imidazole rings is 1. The second-order valence-corrected chi connectivity index (χ2v) is 8.75. The maximum Gasteiger partial charge on any atom is 0.329 e. The van der Waals surface area contributed by atoms with E-state index in [1.165, 1.54) is 0 Å². The summed E-state index contributed by atoms with van der Waals surface area (Å²) >= 11 is 0. The van der Waals surface area contributed by atoms with Gasteiger partial charge in [0.1, 0.15) is 6.04 Å². The minimum absolute atomic E-state index is 0. The van der Waals surface area contributed by atoms with Crippen LogP contribution in [0.15, 0.2) is 23.0 Å². The highest BCUT2D eigenvalue weighted by Gasteiger charge is 2.31. The van der Waals surface area contributed by atoms with E-state index in [1.807, 2.05) is 19.2 Å². The Balaban J connectivity index is 0.00000306. The van der Waals surface area contributed by atoms with Crippen LogP contribution in [0.3, 0.4) is 0 Å². The number of morpholine rings is 1. The molecule has 2 fully saturated rings. The molecule has 1 aromatic heterocycles. The van der Waals surface area contributed by atoms with Crippen molar-refractivity contribution >= 4 is 39.8 Å². The summed E-state index contributed by atoms with van der Waals surface area (Å²) in [6.45, 7) is 4.62. The molecule has 1 aromatic carbocycles. The van der Waals surface area contributed by atoms with Gasteiger partial charge in [-0.15, -0.1) is 17.0 Å². The Bertz CT molecular complexity index is 1050. The summed E-state index contributed by atoms with van der Waals surface area (Å²) in [7, 11) is 3.72. The second kappa shape index (κ2) is 11.4. The van der Waals surface area contributed by atoms with Crippen molar-refractivity contribution in [1.82, 2.24) is 24.7 Å². The van der Waals surface area contributed by atoms with Gasteiger partial charge in [-0.05, 0) is 57.5 Å². The molecule has 10 heteroatoms. The van der Waals surface area contributed by atoms with Crippen LogP contribution in [0.2, 0.25) is 0 Å². The number of hydrogen-bond donors (Lipinski definition) is 2. The first-order chi connectivity index (χ1) is 15.5. The van der Waals surface area contributed by atoms with E-state index >= 15 is 0 Å². The van der Waals surface area contributed by atoms with Gasteiger partial charge in [0.05, 0.1) is 23.7 Å². The number of aromatic nitrogens is 2. The molecular weight excluding hydrogens is 490 g/mol. The van der Waals surface area contributed by atoms with E-state index in [0.717, 1.165) is 68.6 Å². The number of nitrogens with one attached hydrogen (secondary N) is 2. The van der Waals surface area contributed by atoms with Crippen molar-refractivity contribution < 1.29 is 14.3 Å². The molecule has 9 nitrogen and oxygen atoms in total. The van der Waals surface area contributed by atoms with Crippen molar-refractivity contribution in [3.8, 4) is 0 Å². The first-order valence-electron chi connectivity index (χ1n) is 11.5. The highest BCUT2D eigenvalue weighted by molar-refractivity contribution is 8.93. The van der Waals surface area contributed by atoms with E-state index < -0.39 is 11.9 Å². The lowest BCUT2D eigenvalue weighted by Crippen LogP contribution is -2.44. The molecule has 2 amide bonds. The SMILES string of the molecule is Br.CNCCC1CN(CCCc2cccc3c2n(C)c(=O)n3C2CCC(=O)NC2=O)CCO1. The van der Waals surface area contributed by atoms with Crippen molar-refractivity contribution in [3.63, 3.8) is 0 Å². The number of para-hydroxylation sites is 1. The van der Waals surface area contributed by atoms with Crippen molar-refractivity contribution in [2.24, 2.45) is 7.05 Å². The fourth-order valence-electron chi connectivity index (χ4n) is 4.91. The number of halogens is 1. The number of rotatable bonds is 8. The molecule has 2 aliphatic heterocycles. The number of ether oxygens (including phenoxy) is 1. The lowest BCUT2D eigenvalue weighted by atomic mass is 10.0. The average molecular weight is 524 g/mol. The second-order valence-electron chi connectivity index (χ2n) is 8.75. The molecule has 2 aromatic rings. The zero-order chi connectivity index (χ0) is 22.7. The molecule has 33 heavy (non-hydrogen) atoms. The number of hydrogen-bond acceptors (Lipinski definition) is 6. The third-order valence-corrected chi connectivity index (χ3v) is 6.57. The largest absolute Gasteiger partial charge is 0.376 e. The van der Waals surface area contributed by atoms with E-state index in [9.17, 15) is 14.4 Å². The molecule has 0 bridgehead atoms. The zero-order valence-electron chi connectivity index (χ0n) is 19.3. The molecule has 2 saturated heterocycles. The fraction of sp³-hybridized carbons (Fsp3) is 0.609. The minimum Gasteiger partial charge on any atom is -0.376 e. The monoisotopic (exact) mass is 523 g/mol. The highest BCUT2D eigenvalue weighted by atomic mass is 79.9. The first kappa shape index (κ1) is 25.6. The van der Waals surface area contributed by atoms with E-state index in [-0.39, 0.29) is 41.1 Å². The molecule has 0 spiro atoms. The van der Waals surface area contributed by atoms with Crippen LogP contribution < -0.4 is 16.3 Å². The zero-order valence-corrected chi connectivity index (χ0v) is 21.1. The number of carbonyl (C=O) groups excluding carboxylic acids is 2. The van der Waals surface area contributed by atoms with Crippen LogP contribution >= 0.6 is 17.0 Å². The molecular formula is C23H34BrN5O4. The number of benzene rings is 1. The lowest BCUT2D eigenvalue weighted by Gasteiger charge is -2.33. The third kappa shape index (κ3) is 5.56. The van der Waals surface area contributed by atoms with Crippen molar-refractivity contribution in [3.05, 3.63) is 34.2 Å². The third-order valence-electron chi connectivity index (χ3n) is 6.57. The Morgan fingerprint density at radius 2 is 2.06 bits per heavy atom. The van der Waals surface area contributed by atoms with Gasteiger partial charge in [0.15, 0.2) is 0 Å². The predicted molar refractivity (Wildman–Crippen MR) is 132 cm³/mol. The topological polar surface area (TPSA) is 97.6 Å². The number of fused-ring (bicyclic) bond motifs is 1. The summed E-state index contributed by atoms with van der Waals surface area (Å²) in [5.74, 6) is -0.682. The summed E-state index contributed by atoms with van der Waals surface area (Å²) < 4.78 is 9.05. The van der Waals surface area contributed by atoms with Crippen LogP contribution in [-0.4, -0.2) is 71.8 Å². The standard InChI is InChI=1S/C23H33N5O4.BrH/c1-24-11-10-17-15-27(13-14-32-17)12-4-6-16-5-3-7-18-21(16)26(2)23(31)28(18)19-8-9-20(29)25-22(19)30;/h3,5,7,17,19,24H,4,6,8-15H2,1-2H3,(H,25,29,30);1H. The van der Waals surface area contributed by atoms with E-state index in [1.54, 1.807) is 16.2 Å². The van der Waals surface area contributed by atoms with Gasteiger partial charge in [0, 0.05) is 26.6 Å². The molecule has 182 valence electrons. The lowest BCUT2D eigenvalue weighted by molar-refractivity contribution is -0.135. The highest BCUT2D eigenvalue weighted by Crippen LogP contribution is 2.25. The molecule has 2 atom stereocenters. The average Bonchev–Trinajstić information content (AvgIpc) is 3.04. The molecule has 3 heterocycles. The maximum atomic E-state index is 13.0. The van der Waals surface area contributed by atoms with Crippen molar-refractivity contribution in [2.45, 2.75) is 44.2 Å². The van der Waals surface area contributed by atoms with Gasteiger partial charge in [0.2, 0.25) is 11.8 Å². The summed E-state index contributed by atoms with van der Waals surface area (Å²) in [6.07, 6.45) is 3.72. The summed E-state index contributed by atoms with van der Waals surface area (Å²) in [5, 5.41) is 5.55. The van der Waals surface area contributed by atoms with Crippen molar-refractivity contribution in [1.29, 1.82) is 0 Å². The van der Waals surface area contributed by atoms with Gasteiger partial charge in [0.25, 0.3) is 0 Å². The van der Waals surface area contributed by atoms with Crippen LogP contribution in [0.4, 0.5) is 0 Å². The molecule has 2 aliphatic rings. The Kier molecular flexibility index (Phi) is 8.86. The minimum atomic E-state index is -0.651. The fourth-order valence-corrected chi connectivity index (χ4v) is 4.91. The Morgan fingerprint density at radius 3 is 2.82 bits per heavy atom. The van der Waals surface area contributed by atoms with Crippen LogP contribution in [-0.2, 0) is 27.8 Å². The van der Waals surface area contributed by atoms with Gasteiger partial charge in [-0.25, -0.2) is 4.79 Å². The number of carbonyl (C=O) groups is 2. The van der Waals surface area contributed by atoms with Crippen LogP contribution in [0.5, 0.6) is 0 Å². The molecule has 0 radical (unpaired) electrons. The molecule has 0 aliphatic carbocycles. The van der Waals surface area contributed by atoms with Crippen LogP contribution in [0.1, 0.15) is 37.3 Å². The van der Waals surface area contributed by atoms with Gasteiger partial charge in [-0.3, -0.25) is 28.9 Å². The predicted octanol–water partition coefficient (Wildman–Crippen LogP) is 1.14. The molecule has 2 unspecified atom stereocenters. The van der Waals surface area contributed by atoms with Gasteiger partial charge in [-0.2, -0.15) is 0 Å². The number of piperidine rings is 1. The molecule has 0 saturated carbocycles. The Labute approximate surface area is 204 Å². The van der Waals surface area contributed by atoms with Gasteiger partial charge in [-0.1, -0.05) is 12.1 Å². The van der Waals surface area contributed by atoms with E-state index in [2.05, 4.69) is 21.6 Å². The summed E-state index contributed by atoms with van der Waals surface area (Å²) in [5.41, 5.74) is 2.51. The normalized spacial score (nSPS) is 21.8. The summed E-state index contributed by atoms with van der Waals surface area (Å²) in [4.78, 5) is 39.5. The first-order valence-corrected chi connectivity index (χ1v) is 11.5. The number of imide groups is 1. The van der Waals surface area contributed by atoms with E-state index in [4.69, 9.17) is 4.74 Å².